The number of hydrogen-bond acceptors (Lipinski definition) is 5. The Bertz CT molecular complexity index is 919. The molecule has 136 valence electrons. The maximum absolute atomic E-state index is 12.4. The normalized spacial score (nSPS) is 19.0. The predicted octanol–water partition coefficient (Wildman–Crippen LogP) is 0.296. The van der Waals surface area contributed by atoms with Gasteiger partial charge in [0.25, 0.3) is 15.9 Å². The molecule has 9 heteroatoms. The van der Waals surface area contributed by atoms with E-state index in [4.69, 9.17) is 0 Å². The van der Waals surface area contributed by atoms with E-state index < -0.39 is 27.9 Å². The van der Waals surface area contributed by atoms with Crippen LogP contribution in [0.3, 0.4) is 0 Å². The molecule has 2 heterocycles. The molecule has 2 aliphatic heterocycles. The van der Waals surface area contributed by atoms with Gasteiger partial charge in [0.15, 0.2) is 0 Å². The molecule has 0 aromatic heterocycles. The molecule has 2 aliphatic rings. The van der Waals surface area contributed by atoms with E-state index in [1.807, 2.05) is 6.07 Å². The second kappa shape index (κ2) is 7.12. The molecule has 0 radical (unpaired) electrons. The Labute approximate surface area is 150 Å². The number of carbonyl (C=O) groups excluding carboxylic acids is 1. The Morgan fingerprint density at radius 1 is 1.23 bits per heavy atom. The van der Waals surface area contributed by atoms with E-state index in [1.54, 1.807) is 29.2 Å². The molecule has 1 aromatic carbocycles. The summed E-state index contributed by atoms with van der Waals surface area (Å²) in [7, 11) is -3.47. The third kappa shape index (κ3) is 4.17. The minimum absolute atomic E-state index is 0.137. The van der Waals surface area contributed by atoms with E-state index in [-0.39, 0.29) is 30.1 Å². The molecule has 2 N–H and O–H groups in total. The Kier molecular flexibility index (Phi) is 4.90. The summed E-state index contributed by atoms with van der Waals surface area (Å²) in [6.45, 7) is 0.189. The van der Waals surface area contributed by atoms with E-state index >= 15 is 0 Å². The standard InChI is InChI=1S/C17H17N3O5S/c21-16(18-14(17(22)23)10-12-4-2-1-3-5-12)13-6-7-15-19-26(24,25)9-8-20(15)11-13/h1-7,11,14H,8-10H2,(H,18,21)(H,22,23)/t14-/m0/s1. The Morgan fingerprint density at radius 3 is 2.65 bits per heavy atom. The number of sulfonamides is 1. The van der Waals surface area contributed by atoms with Gasteiger partial charge in [-0.25, -0.2) is 13.2 Å². The van der Waals surface area contributed by atoms with Crippen molar-refractivity contribution < 1.29 is 23.1 Å². The first-order valence-electron chi connectivity index (χ1n) is 7.91. The molecule has 0 unspecified atom stereocenters. The van der Waals surface area contributed by atoms with Crippen molar-refractivity contribution in [2.45, 2.75) is 12.5 Å². The van der Waals surface area contributed by atoms with E-state index in [1.165, 1.54) is 18.4 Å². The lowest BCUT2D eigenvalue weighted by Crippen LogP contribution is -2.44. The van der Waals surface area contributed by atoms with Crippen LogP contribution in [-0.2, 0) is 26.0 Å². The lowest BCUT2D eigenvalue weighted by Gasteiger charge is -2.27. The van der Waals surface area contributed by atoms with E-state index in [0.29, 0.717) is 0 Å². The molecule has 0 spiro atoms. The second-order valence-electron chi connectivity index (χ2n) is 5.90. The molecule has 0 saturated carbocycles. The van der Waals surface area contributed by atoms with E-state index in [2.05, 4.69) is 9.71 Å². The van der Waals surface area contributed by atoms with Gasteiger partial charge in [0.2, 0.25) is 0 Å². The van der Waals surface area contributed by atoms with Crippen LogP contribution >= 0.6 is 0 Å². The largest absolute Gasteiger partial charge is 0.480 e. The smallest absolute Gasteiger partial charge is 0.326 e. The van der Waals surface area contributed by atoms with Gasteiger partial charge >= 0.3 is 5.97 Å². The molecular weight excluding hydrogens is 358 g/mol. The zero-order valence-corrected chi connectivity index (χ0v) is 14.5. The van der Waals surface area contributed by atoms with Crippen molar-refractivity contribution in [1.29, 1.82) is 0 Å². The van der Waals surface area contributed by atoms with E-state index in [0.717, 1.165) is 5.56 Å². The summed E-state index contributed by atoms with van der Waals surface area (Å²) in [6, 6.07) is 7.93. The fraction of sp³-hybridized carbons (Fsp3) is 0.235. The Balaban J connectivity index is 1.72. The van der Waals surface area contributed by atoms with Crippen molar-refractivity contribution in [1.82, 2.24) is 10.2 Å². The van der Waals surface area contributed by atoms with Gasteiger partial charge in [-0.05, 0) is 17.7 Å². The maximum Gasteiger partial charge on any atom is 0.326 e. The molecule has 0 saturated heterocycles. The van der Waals surface area contributed by atoms with Gasteiger partial charge in [-0.2, -0.15) is 0 Å². The summed E-state index contributed by atoms with van der Waals surface area (Å²) < 4.78 is 26.6. The molecule has 26 heavy (non-hydrogen) atoms. The van der Waals surface area contributed by atoms with Crippen molar-refractivity contribution in [2.24, 2.45) is 4.40 Å². The van der Waals surface area contributed by atoms with Gasteiger partial charge < -0.3 is 15.3 Å². The molecule has 1 atom stereocenters. The number of amidine groups is 1. The molecule has 1 aromatic rings. The summed E-state index contributed by atoms with van der Waals surface area (Å²) in [5, 5.41) is 11.9. The van der Waals surface area contributed by atoms with Crippen LogP contribution < -0.4 is 5.32 Å². The van der Waals surface area contributed by atoms with Crippen LogP contribution in [0.2, 0.25) is 0 Å². The highest BCUT2D eigenvalue weighted by atomic mass is 32.2. The summed E-state index contributed by atoms with van der Waals surface area (Å²) in [4.78, 5) is 25.5. The quantitative estimate of drug-likeness (QED) is 0.764. The van der Waals surface area contributed by atoms with Gasteiger partial charge in [-0.15, -0.1) is 4.40 Å². The van der Waals surface area contributed by atoms with Crippen molar-refractivity contribution >= 4 is 27.7 Å². The van der Waals surface area contributed by atoms with Gasteiger partial charge in [0, 0.05) is 19.2 Å². The van der Waals surface area contributed by atoms with Crippen LogP contribution in [0.5, 0.6) is 0 Å². The Hall–Kier alpha value is -2.94. The van der Waals surface area contributed by atoms with Crippen molar-refractivity contribution in [3.8, 4) is 0 Å². The first-order chi connectivity index (χ1) is 12.3. The van der Waals surface area contributed by atoms with Crippen LogP contribution in [-0.4, -0.2) is 54.5 Å². The number of fused-ring (bicyclic) bond motifs is 1. The van der Waals surface area contributed by atoms with Crippen molar-refractivity contribution in [2.75, 3.05) is 12.3 Å². The Morgan fingerprint density at radius 2 is 1.96 bits per heavy atom. The van der Waals surface area contributed by atoms with Crippen LogP contribution in [0.1, 0.15) is 5.56 Å². The van der Waals surface area contributed by atoms with Gasteiger partial charge in [-0.3, -0.25) is 4.79 Å². The summed E-state index contributed by atoms with van der Waals surface area (Å²) in [6.07, 6.45) is 4.49. The molecule has 8 nitrogen and oxygen atoms in total. The van der Waals surface area contributed by atoms with Gasteiger partial charge in [0.05, 0.1) is 11.3 Å². The maximum atomic E-state index is 12.4. The number of carboxylic acids is 1. The highest BCUT2D eigenvalue weighted by molar-refractivity contribution is 7.90. The number of carboxylic acid groups (broad SMARTS) is 1. The number of aliphatic carboxylic acids is 1. The van der Waals surface area contributed by atoms with Crippen molar-refractivity contribution in [3.63, 3.8) is 0 Å². The van der Waals surface area contributed by atoms with Crippen LogP contribution in [0.15, 0.2) is 58.7 Å². The monoisotopic (exact) mass is 375 g/mol. The number of nitrogens with zero attached hydrogens (tertiary/aromatic N) is 2. The zero-order valence-electron chi connectivity index (χ0n) is 13.7. The van der Waals surface area contributed by atoms with Gasteiger partial charge in [0.1, 0.15) is 11.9 Å². The molecular formula is C17H17N3O5S. The second-order valence-corrected chi connectivity index (χ2v) is 7.66. The molecule has 0 fully saturated rings. The molecule has 0 aliphatic carbocycles. The van der Waals surface area contributed by atoms with Crippen LogP contribution in [0.25, 0.3) is 0 Å². The third-order valence-corrected chi connectivity index (χ3v) is 5.14. The first-order valence-corrected chi connectivity index (χ1v) is 9.52. The SMILES string of the molecule is O=C(N[C@@H](Cc1ccccc1)C(=O)O)C1=CN2CCS(=O)(=O)N=C2C=C1. The number of nitrogens with one attached hydrogen (secondary N) is 1. The lowest BCUT2D eigenvalue weighted by molar-refractivity contribution is -0.141. The number of benzene rings is 1. The first kappa shape index (κ1) is 17.9. The fourth-order valence-corrected chi connectivity index (χ4v) is 3.60. The molecule has 0 bridgehead atoms. The van der Waals surface area contributed by atoms with E-state index in [9.17, 15) is 23.1 Å². The third-order valence-electron chi connectivity index (χ3n) is 3.97. The van der Waals surface area contributed by atoms with Crippen molar-refractivity contribution in [3.05, 3.63) is 59.8 Å². The average Bonchev–Trinajstić information content (AvgIpc) is 2.60. The number of carbonyl (C=O) groups is 2. The zero-order chi connectivity index (χ0) is 18.7. The highest BCUT2D eigenvalue weighted by Crippen LogP contribution is 2.16. The van der Waals surface area contributed by atoms with Crippen LogP contribution in [0.4, 0.5) is 0 Å². The number of hydrogen-bond donors (Lipinski definition) is 2. The number of rotatable bonds is 5. The van der Waals surface area contributed by atoms with Crippen LogP contribution in [0, 0.1) is 0 Å². The minimum atomic E-state index is -3.47. The molecule has 1 amide bonds. The summed E-state index contributed by atoms with van der Waals surface area (Å²) in [5.41, 5.74) is 1.03. The summed E-state index contributed by atoms with van der Waals surface area (Å²) >= 11 is 0. The lowest BCUT2D eigenvalue weighted by atomic mass is 10.1. The average molecular weight is 375 g/mol. The van der Waals surface area contributed by atoms with Gasteiger partial charge in [-0.1, -0.05) is 30.3 Å². The minimum Gasteiger partial charge on any atom is -0.480 e. The summed E-state index contributed by atoms with van der Waals surface area (Å²) in [5.74, 6) is -1.57. The molecule has 3 rings (SSSR count). The predicted molar refractivity (Wildman–Crippen MR) is 94.9 cm³/mol. The highest BCUT2D eigenvalue weighted by Gasteiger charge is 2.27. The topological polar surface area (TPSA) is 116 Å². The fourth-order valence-electron chi connectivity index (χ4n) is 2.63. The number of amides is 1.